The molecule has 0 saturated heterocycles. The maximum absolute atomic E-state index is 12.1. The second kappa shape index (κ2) is 4.78. The van der Waals surface area contributed by atoms with Gasteiger partial charge in [0.05, 0.1) is 5.69 Å². The molecule has 0 aliphatic rings. The molecule has 2 rings (SSSR count). The zero-order valence-corrected chi connectivity index (χ0v) is 11.4. The minimum atomic E-state index is -0.173. The lowest BCUT2D eigenvalue weighted by atomic mass is 10.1. The summed E-state index contributed by atoms with van der Waals surface area (Å²) in [7, 11) is 0. The van der Waals surface area contributed by atoms with Crippen molar-refractivity contribution < 1.29 is 4.79 Å². The van der Waals surface area contributed by atoms with E-state index in [9.17, 15) is 4.79 Å². The summed E-state index contributed by atoms with van der Waals surface area (Å²) in [6, 6.07) is 5.30. The molecule has 0 spiro atoms. The number of hydrogen-bond acceptors (Lipinski definition) is 4. The van der Waals surface area contributed by atoms with Crippen LogP contribution in [0.5, 0.6) is 0 Å². The molecule has 0 radical (unpaired) electrons. The van der Waals surface area contributed by atoms with Gasteiger partial charge < -0.3 is 5.73 Å². The van der Waals surface area contributed by atoms with E-state index in [1.807, 2.05) is 26.8 Å². The molecule has 0 unspecified atom stereocenters. The summed E-state index contributed by atoms with van der Waals surface area (Å²) in [5.41, 5.74) is 8.70. The van der Waals surface area contributed by atoms with Crippen LogP contribution in [-0.4, -0.2) is 10.9 Å². The zero-order valence-electron chi connectivity index (χ0n) is 10.6. The van der Waals surface area contributed by atoms with E-state index < -0.39 is 0 Å². The highest BCUT2D eigenvalue weighted by atomic mass is 32.1. The van der Waals surface area contributed by atoms with Crippen LogP contribution in [0.4, 0.5) is 10.8 Å². The lowest BCUT2D eigenvalue weighted by Gasteiger charge is -2.06. The number of amides is 1. The number of nitrogens with two attached hydrogens (primary N) is 1. The fourth-order valence-corrected chi connectivity index (χ4v) is 2.38. The molecule has 0 bridgehead atoms. The van der Waals surface area contributed by atoms with Crippen LogP contribution < -0.4 is 11.1 Å². The highest BCUT2D eigenvalue weighted by Crippen LogP contribution is 2.22. The number of carbonyl (C=O) groups excluding carboxylic acids is 1. The topological polar surface area (TPSA) is 68.0 Å². The third kappa shape index (κ3) is 2.51. The number of carbonyl (C=O) groups is 1. The van der Waals surface area contributed by atoms with Crippen LogP contribution in [0, 0.1) is 20.8 Å². The van der Waals surface area contributed by atoms with Gasteiger partial charge in [-0.15, -0.1) is 11.3 Å². The number of nitrogen functional groups attached to an aromatic ring is 1. The van der Waals surface area contributed by atoms with Crippen LogP contribution in [0.15, 0.2) is 18.2 Å². The van der Waals surface area contributed by atoms with E-state index in [1.165, 1.54) is 11.3 Å². The molecule has 94 valence electrons. The van der Waals surface area contributed by atoms with Crippen LogP contribution in [0.3, 0.4) is 0 Å². The minimum Gasteiger partial charge on any atom is -0.399 e. The first-order valence-corrected chi connectivity index (χ1v) is 6.40. The average Bonchev–Trinajstić information content (AvgIpc) is 2.61. The molecule has 0 saturated carbocycles. The van der Waals surface area contributed by atoms with Crippen molar-refractivity contribution in [2.24, 2.45) is 0 Å². The van der Waals surface area contributed by atoms with Crippen molar-refractivity contribution in [3.05, 3.63) is 39.9 Å². The van der Waals surface area contributed by atoms with Gasteiger partial charge in [0.2, 0.25) is 0 Å². The van der Waals surface area contributed by atoms with Crippen LogP contribution in [0.2, 0.25) is 0 Å². The monoisotopic (exact) mass is 261 g/mol. The Bertz CT molecular complexity index is 585. The van der Waals surface area contributed by atoms with E-state index in [4.69, 9.17) is 5.73 Å². The zero-order chi connectivity index (χ0) is 13.3. The lowest BCUT2D eigenvalue weighted by Crippen LogP contribution is -2.13. The van der Waals surface area contributed by atoms with Gasteiger partial charge in [0.1, 0.15) is 0 Å². The minimum absolute atomic E-state index is 0.173. The molecule has 0 atom stereocenters. The first kappa shape index (κ1) is 12.6. The van der Waals surface area contributed by atoms with E-state index in [-0.39, 0.29) is 5.91 Å². The molecular weight excluding hydrogens is 246 g/mol. The number of aromatic nitrogens is 1. The highest BCUT2D eigenvalue weighted by molar-refractivity contribution is 7.15. The molecule has 1 heterocycles. The number of nitrogens with one attached hydrogen (secondary N) is 1. The molecule has 4 nitrogen and oxygen atoms in total. The van der Waals surface area contributed by atoms with Crippen LogP contribution in [0.1, 0.15) is 26.5 Å². The van der Waals surface area contributed by atoms with E-state index >= 15 is 0 Å². The molecule has 0 aliphatic heterocycles. The Labute approximate surface area is 110 Å². The molecule has 3 N–H and O–H groups in total. The summed E-state index contributed by atoms with van der Waals surface area (Å²) in [5, 5.41) is 3.42. The summed E-state index contributed by atoms with van der Waals surface area (Å²) in [4.78, 5) is 17.5. The van der Waals surface area contributed by atoms with Crippen molar-refractivity contribution >= 4 is 28.1 Å². The largest absolute Gasteiger partial charge is 0.399 e. The molecule has 0 fully saturated rings. The molecule has 2 aromatic rings. The average molecular weight is 261 g/mol. The standard InChI is InChI=1S/C13H15N3OS/c1-7-4-5-10(14)6-11(7)12(17)16-13-15-8(2)9(3)18-13/h4-6H,14H2,1-3H3,(H,15,16,17). The van der Waals surface area contributed by atoms with Gasteiger partial charge in [-0.1, -0.05) is 6.07 Å². The number of hydrogen-bond donors (Lipinski definition) is 2. The molecule has 18 heavy (non-hydrogen) atoms. The third-order valence-electron chi connectivity index (χ3n) is 2.76. The highest BCUT2D eigenvalue weighted by Gasteiger charge is 2.12. The van der Waals surface area contributed by atoms with Gasteiger partial charge in [-0.25, -0.2) is 4.98 Å². The van der Waals surface area contributed by atoms with Crippen molar-refractivity contribution in [1.29, 1.82) is 0 Å². The number of benzene rings is 1. The summed E-state index contributed by atoms with van der Waals surface area (Å²) >= 11 is 1.47. The number of aryl methyl sites for hydroxylation is 3. The second-order valence-corrected chi connectivity index (χ2v) is 5.39. The first-order chi connectivity index (χ1) is 8.47. The van der Waals surface area contributed by atoms with Gasteiger partial charge >= 0.3 is 0 Å². The predicted octanol–water partition coefficient (Wildman–Crippen LogP) is 2.90. The van der Waals surface area contributed by atoms with Gasteiger partial charge in [0.25, 0.3) is 5.91 Å². The van der Waals surface area contributed by atoms with Gasteiger partial charge in [0.15, 0.2) is 5.13 Å². The van der Waals surface area contributed by atoms with E-state index in [0.29, 0.717) is 16.4 Å². The quantitative estimate of drug-likeness (QED) is 0.817. The van der Waals surface area contributed by atoms with Crippen molar-refractivity contribution in [3.63, 3.8) is 0 Å². The molecule has 1 amide bonds. The number of anilines is 2. The van der Waals surface area contributed by atoms with Crippen molar-refractivity contribution in [2.75, 3.05) is 11.1 Å². The van der Waals surface area contributed by atoms with Gasteiger partial charge in [0, 0.05) is 16.1 Å². The Morgan fingerprint density at radius 2 is 2.06 bits per heavy atom. The Balaban J connectivity index is 2.24. The maximum atomic E-state index is 12.1. The Kier molecular flexibility index (Phi) is 3.34. The summed E-state index contributed by atoms with van der Waals surface area (Å²) in [6.07, 6.45) is 0. The first-order valence-electron chi connectivity index (χ1n) is 5.59. The number of thiazole rings is 1. The summed E-state index contributed by atoms with van der Waals surface area (Å²) in [5.74, 6) is -0.173. The van der Waals surface area contributed by atoms with Gasteiger partial charge in [-0.2, -0.15) is 0 Å². The smallest absolute Gasteiger partial charge is 0.257 e. The second-order valence-electron chi connectivity index (χ2n) is 4.19. The summed E-state index contributed by atoms with van der Waals surface area (Å²) in [6.45, 7) is 5.79. The van der Waals surface area contributed by atoms with E-state index in [0.717, 1.165) is 16.1 Å². The number of nitrogens with zero attached hydrogens (tertiary/aromatic N) is 1. The molecule has 1 aromatic heterocycles. The van der Waals surface area contributed by atoms with Crippen molar-refractivity contribution in [2.45, 2.75) is 20.8 Å². The molecule has 5 heteroatoms. The van der Waals surface area contributed by atoms with Crippen LogP contribution in [-0.2, 0) is 0 Å². The summed E-state index contributed by atoms with van der Waals surface area (Å²) < 4.78 is 0. The van der Waals surface area contributed by atoms with Gasteiger partial charge in [-0.05, 0) is 38.5 Å². The lowest BCUT2D eigenvalue weighted by molar-refractivity contribution is 0.102. The Morgan fingerprint density at radius 3 is 2.67 bits per heavy atom. The third-order valence-corrected chi connectivity index (χ3v) is 3.74. The molecule has 0 aliphatic carbocycles. The Morgan fingerprint density at radius 1 is 1.33 bits per heavy atom. The van der Waals surface area contributed by atoms with Crippen LogP contribution >= 0.6 is 11.3 Å². The van der Waals surface area contributed by atoms with E-state index in [2.05, 4.69) is 10.3 Å². The van der Waals surface area contributed by atoms with Crippen LogP contribution in [0.25, 0.3) is 0 Å². The fourth-order valence-electron chi connectivity index (χ4n) is 1.57. The Hall–Kier alpha value is -1.88. The molecular formula is C13H15N3OS. The number of rotatable bonds is 2. The van der Waals surface area contributed by atoms with E-state index in [1.54, 1.807) is 12.1 Å². The fraction of sp³-hybridized carbons (Fsp3) is 0.231. The van der Waals surface area contributed by atoms with Gasteiger partial charge in [-0.3, -0.25) is 10.1 Å². The van der Waals surface area contributed by atoms with Crippen molar-refractivity contribution in [1.82, 2.24) is 4.98 Å². The molecule has 1 aromatic carbocycles. The normalized spacial score (nSPS) is 10.4. The maximum Gasteiger partial charge on any atom is 0.257 e. The SMILES string of the molecule is Cc1ccc(N)cc1C(=O)Nc1nc(C)c(C)s1. The van der Waals surface area contributed by atoms with Crippen molar-refractivity contribution in [3.8, 4) is 0 Å². The predicted molar refractivity (Wildman–Crippen MR) is 75.1 cm³/mol.